The third kappa shape index (κ3) is 5.44. The van der Waals surface area contributed by atoms with Gasteiger partial charge in [-0.25, -0.2) is 9.37 Å². The van der Waals surface area contributed by atoms with E-state index in [-0.39, 0.29) is 12.2 Å². The van der Waals surface area contributed by atoms with Crippen LogP contribution in [0.4, 0.5) is 10.2 Å². The van der Waals surface area contributed by atoms with Crippen LogP contribution >= 0.6 is 0 Å². The van der Waals surface area contributed by atoms with Gasteiger partial charge in [-0.05, 0) is 47.9 Å². The van der Waals surface area contributed by atoms with E-state index in [9.17, 15) is 9.18 Å². The second-order valence-corrected chi connectivity index (χ2v) is 7.56. The Hall–Kier alpha value is -4.11. The standard InChI is InChI=1S/C25H23FN4O4/c1-33-15-18-13-16(8-10-19(18)20-5-2-3-6-21(20)26)25-29-24(30-34-25)17-9-11-22(28-14-17)27-12-4-7-23(31)32/h2-3,5-6,8-11,13-14H,4,7,12,15H2,1H3,(H,27,28)(H,31,32). The largest absolute Gasteiger partial charge is 0.481 e. The zero-order chi connectivity index (χ0) is 23.9. The zero-order valence-corrected chi connectivity index (χ0v) is 18.5. The van der Waals surface area contributed by atoms with Gasteiger partial charge in [-0.1, -0.05) is 29.4 Å². The van der Waals surface area contributed by atoms with Crippen LogP contribution in [0.25, 0.3) is 34.0 Å². The Balaban J connectivity index is 1.52. The topological polar surface area (TPSA) is 110 Å². The quantitative estimate of drug-likeness (QED) is 0.316. The van der Waals surface area contributed by atoms with Gasteiger partial charge >= 0.3 is 5.97 Å². The summed E-state index contributed by atoms with van der Waals surface area (Å²) in [5.74, 6) is 0.203. The Kier molecular flexibility index (Phi) is 7.24. The number of carbonyl (C=O) groups is 1. The maximum atomic E-state index is 14.3. The summed E-state index contributed by atoms with van der Waals surface area (Å²) in [6.45, 7) is 0.807. The molecular weight excluding hydrogens is 439 g/mol. The number of ether oxygens (including phenoxy) is 1. The van der Waals surface area contributed by atoms with Crippen LogP contribution in [0, 0.1) is 5.82 Å². The van der Waals surface area contributed by atoms with Crippen molar-refractivity contribution in [1.29, 1.82) is 0 Å². The lowest BCUT2D eigenvalue weighted by Gasteiger charge is -2.11. The first-order valence-corrected chi connectivity index (χ1v) is 10.7. The molecule has 2 heterocycles. The number of anilines is 1. The number of nitrogens with zero attached hydrogens (tertiary/aromatic N) is 3. The van der Waals surface area contributed by atoms with E-state index in [0.29, 0.717) is 53.8 Å². The number of carboxylic acids is 1. The molecule has 0 aliphatic heterocycles. The van der Waals surface area contributed by atoms with Crippen molar-refractivity contribution in [3.05, 3.63) is 72.2 Å². The zero-order valence-electron chi connectivity index (χ0n) is 18.5. The molecule has 0 fully saturated rings. The molecule has 0 atom stereocenters. The highest BCUT2D eigenvalue weighted by Gasteiger charge is 2.15. The molecule has 0 radical (unpaired) electrons. The number of carboxylic acid groups (broad SMARTS) is 1. The molecule has 0 aliphatic rings. The Labute approximate surface area is 195 Å². The van der Waals surface area contributed by atoms with Crippen LogP contribution in [0.15, 0.2) is 65.3 Å². The van der Waals surface area contributed by atoms with E-state index in [1.807, 2.05) is 12.1 Å². The maximum absolute atomic E-state index is 14.3. The number of aromatic nitrogens is 3. The summed E-state index contributed by atoms with van der Waals surface area (Å²) in [6.07, 6.45) is 2.23. The van der Waals surface area contributed by atoms with Crippen molar-refractivity contribution in [3.63, 3.8) is 0 Å². The number of hydrogen-bond acceptors (Lipinski definition) is 7. The van der Waals surface area contributed by atoms with Gasteiger partial charge in [-0.2, -0.15) is 4.98 Å². The van der Waals surface area contributed by atoms with E-state index in [4.69, 9.17) is 14.4 Å². The number of hydrogen-bond donors (Lipinski definition) is 2. The van der Waals surface area contributed by atoms with Gasteiger partial charge in [-0.3, -0.25) is 4.79 Å². The highest BCUT2D eigenvalue weighted by atomic mass is 19.1. The van der Waals surface area contributed by atoms with Crippen LogP contribution in [-0.2, 0) is 16.1 Å². The molecule has 2 aromatic carbocycles. The fraction of sp³-hybridized carbons (Fsp3) is 0.200. The van der Waals surface area contributed by atoms with Gasteiger partial charge in [-0.15, -0.1) is 0 Å². The lowest BCUT2D eigenvalue weighted by molar-refractivity contribution is -0.137. The van der Waals surface area contributed by atoms with Crippen molar-refractivity contribution < 1.29 is 23.6 Å². The fourth-order valence-corrected chi connectivity index (χ4v) is 3.49. The Morgan fingerprint density at radius 1 is 1.12 bits per heavy atom. The summed E-state index contributed by atoms with van der Waals surface area (Å²) in [5.41, 5.74) is 3.39. The van der Waals surface area contributed by atoms with Crippen LogP contribution in [-0.4, -0.2) is 39.9 Å². The van der Waals surface area contributed by atoms with E-state index < -0.39 is 5.97 Å². The van der Waals surface area contributed by atoms with E-state index in [1.165, 1.54) is 6.07 Å². The molecular formula is C25H23FN4O4. The fourth-order valence-electron chi connectivity index (χ4n) is 3.49. The van der Waals surface area contributed by atoms with Gasteiger partial charge in [0.05, 0.1) is 6.61 Å². The molecule has 0 spiro atoms. The van der Waals surface area contributed by atoms with E-state index in [0.717, 1.165) is 11.1 Å². The summed E-state index contributed by atoms with van der Waals surface area (Å²) in [6, 6.07) is 15.6. The number of aliphatic carboxylic acids is 1. The second-order valence-electron chi connectivity index (χ2n) is 7.56. The number of nitrogens with one attached hydrogen (secondary N) is 1. The van der Waals surface area contributed by atoms with E-state index in [1.54, 1.807) is 49.7 Å². The summed E-state index contributed by atoms with van der Waals surface area (Å²) in [4.78, 5) is 19.4. The molecule has 174 valence electrons. The Morgan fingerprint density at radius 3 is 2.68 bits per heavy atom. The van der Waals surface area contributed by atoms with E-state index in [2.05, 4.69) is 20.4 Å². The molecule has 34 heavy (non-hydrogen) atoms. The molecule has 0 bridgehead atoms. The van der Waals surface area contributed by atoms with Gasteiger partial charge in [0.2, 0.25) is 5.82 Å². The van der Waals surface area contributed by atoms with Crippen LogP contribution in [0.5, 0.6) is 0 Å². The number of rotatable bonds is 10. The number of pyridine rings is 1. The summed E-state index contributed by atoms with van der Waals surface area (Å²) in [7, 11) is 1.58. The summed E-state index contributed by atoms with van der Waals surface area (Å²) >= 11 is 0. The molecule has 9 heteroatoms. The Bertz CT molecular complexity index is 1270. The molecule has 0 saturated carbocycles. The highest BCUT2D eigenvalue weighted by Crippen LogP contribution is 2.31. The summed E-state index contributed by atoms with van der Waals surface area (Å²) < 4.78 is 25.1. The molecule has 0 saturated heterocycles. The average Bonchev–Trinajstić information content (AvgIpc) is 3.33. The van der Waals surface area contributed by atoms with Crippen LogP contribution < -0.4 is 5.32 Å². The Morgan fingerprint density at radius 2 is 1.94 bits per heavy atom. The monoisotopic (exact) mass is 462 g/mol. The smallest absolute Gasteiger partial charge is 0.303 e. The third-order valence-corrected chi connectivity index (χ3v) is 5.14. The molecule has 4 rings (SSSR count). The van der Waals surface area contributed by atoms with Crippen molar-refractivity contribution in [2.45, 2.75) is 19.4 Å². The summed E-state index contributed by atoms with van der Waals surface area (Å²) in [5, 5.41) is 15.8. The second kappa shape index (κ2) is 10.7. The lowest BCUT2D eigenvalue weighted by Crippen LogP contribution is -2.05. The normalized spacial score (nSPS) is 10.9. The van der Waals surface area contributed by atoms with Crippen molar-refractivity contribution >= 4 is 11.8 Å². The molecule has 0 aliphatic carbocycles. The molecule has 8 nitrogen and oxygen atoms in total. The van der Waals surface area contributed by atoms with Crippen molar-refractivity contribution in [1.82, 2.24) is 15.1 Å². The van der Waals surface area contributed by atoms with Gasteiger partial charge < -0.3 is 19.7 Å². The van der Waals surface area contributed by atoms with Crippen molar-refractivity contribution in [2.24, 2.45) is 0 Å². The number of benzene rings is 2. The highest BCUT2D eigenvalue weighted by molar-refractivity contribution is 5.72. The molecule has 2 aromatic heterocycles. The predicted octanol–water partition coefficient (Wildman–Crippen LogP) is 5.03. The third-order valence-electron chi connectivity index (χ3n) is 5.14. The van der Waals surface area contributed by atoms with Gasteiger partial charge in [0.1, 0.15) is 11.6 Å². The van der Waals surface area contributed by atoms with Crippen LogP contribution in [0.3, 0.4) is 0 Å². The molecule has 0 amide bonds. The van der Waals surface area contributed by atoms with Crippen LogP contribution in [0.1, 0.15) is 18.4 Å². The first-order valence-electron chi connectivity index (χ1n) is 10.7. The molecule has 2 N–H and O–H groups in total. The average molecular weight is 462 g/mol. The minimum absolute atomic E-state index is 0.101. The molecule has 4 aromatic rings. The van der Waals surface area contributed by atoms with Crippen LogP contribution in [0.2, 0.25) is 0 Å². The van der Waals surface area contributed by atoms with Gasteiger partial charge in [0.15, 0.2) is 0 Å². The minimum Gasteiger partial charge on any atom is -0.481 e. The maximum Gasteiger partial charge on any atom is 0.303 e. The minimum atomic E-state index is -0.825. The van der Waals surface area contributed by atoms with Gasteiger partial charge in [0, 0.05) is 43.0 Å². The number of halogens is 1. The predicted molar refractivity (Wildman–Crippen MR) is 124 cm³/mol. The molecule has 0 unspecified atom stereocenters. The number of methoxy groups -OCH3 is 1. The SMILES string of the molecule is COCc1cc(-c2nc(-c3ccc(NCCCC(=O)O)nc3)no2)ccc1-c1ccccc1F. The first kappa shape index (κ1) is 23.1. The van der Waals surface area contributed by atoms with Crippen molar-refractivity contribution in [2.75, 3.05) is 19.0 Å². The first-order chi connectivity index (χ1) is 16.5. The lowest BCUT2D eigenvalue weighted by atomic mass is 9.97. The van der Waals surface area contributed by atoms with Gasteiger partial charge in [0.25, 0.3) is 5.89 Å². The van der Waals surface area contributed by atoms with Crippen molar-refractivity contribution in [3.8, 4) is 34.0 Å². The van der Waals surface area contributed by atoms with E-state index >= 15 is 0 Å².